The number of anilines is 1. The Bertz CT molecular complexity index is 726. The number of carbonyl (C=O) groups is 1. The van der Waals surface area contributed by atoms with Crippen LogP contribution in [0.5, 0.6) is 0 Å². The Labute approximate surface area is 152 Å². The molecule has 134 valence electrons. The van der Waals surface area contributed by atoms with Gasteiger partial charge in [0.1, 0.15) is 0 Å². The van der Waals surface area contributed by atoms with Crippen LogP contribution in [0.3, 0.4) is 0 Å². The molecule has 1 N–H and O–H groups in total. The summed E-state index contributed by atoms with van der Waals surface area (Å²) in [6, 6.07) is 4.02. The highest BCUT2D eigenvalue weighted by atomic mass is 32.1. The molecule has 2 aromatic rings. The molecule has 0 saturated carbocycles. The minimum Gasteiger partial charge on any atom is -0.378 e. The molecule has 1 aliphatic heterocycles. The zero-order chi connectivity index (χ0) is 17.6. The Morgan fingerprint density at radius 2 is 2.12 bits per heavy atom. The quantitative estimate of drug-likeness (QED) is 0.856. The first-order valence-electron chi connectivity index (χ1n) is 8.59. The number of hydrogen-bond donors (Lipinski definition) is 1. The van der Waals surface area contributed by atoms with Gasteiger partial charge in [0, 0.05) is 30.1 Å². The van der Waals surface area contributed by atoms with E-state index < -0.39 is 0 Å². The number of rotatable bonds is 6. The second-order valence-electron chi connectivity index (χ2n) is 6.20. The first-order valence-corrected chi connectivity index (χ1v) is 9.47. The lowest BCUT2D eigenvalue weighted by atomic mass is 10.2. The van der Waals surface area contributed by atoms with Crippen molar-refractivity contribution < 1.29 is 9.53 Å². The van der Waals surface area contributed by atoms with Gasteiger partial charge in [-0.2, -0.15) is 0 Å². The fraction of sp³-hybridized carbons (Fsp3) is 0.500. The van der Waals surface area contributed by atoms with Gasteiger partial charge >= 0.3 is 0 Å². The number of amides is 1. The van der Waals surface area contributed by atoms with Gasteiger partial charge in [-0.15, -0.1) is 11.3 Å². The molecule has 3 rings (SSSR count). The lowest BCUT2D eigenvalue weighted by Crippen LogP contribution is -2.37. The molecule has 25 heavy (non-hydrogen) atoms. The molecule has 7 heteroatoms. The van der Waals surface area contributed by atoms with Crippen molar-refractivity contribution in [2.75, 3.05) is 31.2 Å². The fourth-order valence-corrected chi connectivity index (χ4v) is 3.69. The van der Waals surface area contributed by atoms with Gasteiger partial charge in [0.2, 0.25) is 11.9 Å². The summed E-state index contributed by atoms with van der Waals surface area (Å²) in [5.74, 6) is 0.777. The van der Waals surface area contributed by atoms with Gasteiger partial charge in [-0.25, -0.2) is 9.97 Å². The summed E-state index contributed by atoms with van der Waals surface area (Å²) in [4.78, 5) is 24.6. The van der Waals surface area contributed by atoms with Crippen LogP contribution in [-0.4, -0.2) is 42.2 Å². The minimum atomic E-state index is 0.0528. The second kappa shape index (κ2) is 8.40. The number of nitrogens with one attached hydrogen (secondary N) is 1. The second-order valence-corrected chi connectivity index (χ2v) is 7.20. The van der Waals surface area contributed by atoms with E-state index in [0.29, 0.717) is 26.2 Å². The van der Waals surface area contributed by atoms with Gasteiger partial charge in [0.05, 0.1) is 25.5 Å². The molecule has 1 amide bonds. The number of nitrogens with zero attached hydrogens (tertiary/aromatic N) is 3. The zero-order valence-corrected chi connectivity index (χ0v) is 15.6. The van der Waals surface area contributed by atoms with Crippen molar-refractivity contribution >= 4 is 23.2 Å². The van der Waals surface area contributed by atoms with Crippen LogP contribution in [0.2, 0.25) is 0 Å². The van der Waals surface area contributed by atoms with Crippen molar-refractivity contribution in [3.63, 3.8) is 0 Å². The average Bonchev–Trinajstić information content (AvgIpc) is 3.03. The first-order chi connectivity index (χ1) is 12.1. The number of aryl methyl sites for hydroxylation is 3. The van der Waals surface area contributed by atoms with Gasteiger partial charge in [-0.1, -0.05) is 0 Å². The third kappa shape index (κ3) is 4.99. The summed E-state index contributed by atoms with van der Waals surface area (Å²) >= 11 is 1.71. The number of carbonyl (C=O) groups excluding carboxylic acids is 1. The van der Waals surface area contributed by atoms with E-state index in [0.717, 1.165) is 36.8 Å². The van der Waals surface area contributed by atoms with Crippen LogP contribution in [-0.2, 0) is 22.5 Å². The van der Waals surface area contributed by atoms with Crippen LogP contribution in [0.1, 0.15) is 28.2 Å². The normalized spacial score (nSPS) is 14.6. The average molecular weight is 360 g/mol. The van der Waals surface area contributed by atoms with Crippen LogP contribution in [0.25, 0.3) is 0 Å². The van der Waals surface area contributed by atoms with E-state index >= 15 is 0 Å². The molecule has 3 heterocycles. The number of ether oxygens (including phenoxy) is 1. The Morgan fingerprint density at radius 3 is 2.84 bits per heavy atom. The first kappa shape index (κ1) is 17.8. The van der Waals surface area contributed by atoms with Crippen LogP contribution < -0.4 is 10.2 Å². The van der Waals surface area contributed by atoms with E-state index in [1.807, 2.05) is 13.0 Å². The Hall–Kier alpha value is -1.99. The number of morpholine rings is 1. The summed E-state index contributed by atoms with van der Waals surface area (Å²) in [5, 5.41) is 5.04. The maximum atomic E-state index is 12.1. The van der Waals surface area contributed by atoms with E-state index in [9.17, 15) is 4.79 Å². The van der Waals surface area contributed by atoms with E-state index in [1.165, 1.54) is 10.4 Å². The molecule has 1 saturated heterocycles. The standard InChI is InChI=1S/C18H24N4O2S/c1-13-5-10-25-16(13)3-4-17(23)19-12-15-11-14(2)20-18(21-15)22-6-8-24-9-7-22/h5,10-11H,3-4,6-9,12H2,1-2H3,(H,19,23). The van der Waals surface area contributed by atoms with E-state index in [1.54, 1.807) is 11.3 Å². The molecule has 0 radical (unpaired) electrons. The smallest absolute Gasteiger partial charge is 0.225 e. The molecule has 0 atom stereocenters. The molecule has 0 aromatic carbocycles. The predicted octanol–water partition coefficient (Wildman–Crippen LogP) is 2.24. The lowest BCUT2D eigenvalue weighted by molar-refractivity contribution is -0.121. The summed E-state index contributed by atoms with van der Waals surface area (Å²) in [6.45, 7) is 7.47. The van der Waals surface area contributed by atoms with Crippen molar-refractivity contribution in [1.82, 2.24) is 15.3 Å². The van der Waals surface area contributed by atoms with E-state index in [4.69, 9.17) is 4.74 Å². The zero-order valence-electron chi connectivity index (χ0n) is 14.7. The molecule has 0 spiro atoms. The van der Waals surface area contributed by atoms with Gasteiger partial charge < -0.3 is 15.0 Å². The molecular formula is C18H24N4O2S. The number of thiophene rings is 1. The van der Waals surface area contributed by atoms with Crippen molar-refractivity contribution in [3.8, 4) is 0 Å². The molecule has 1 aliphatic rings. The third-order valence-corrected chi connectivity index (χ3v) is 5.29. The largest absolute Gasteiger partial charge is 0.378 e. The van der Waals surface area contributed by atoms with Gasteiger partial charge in [-0.3, -0.25) is 4.79 Å². The molecule has 2 aromatic heterocycles. The predicted molar refractivity (Wildman–Crippen MR) is 99.0 cm³/mol. The maximum Gasteiger partial charge on any atom is 0.225 e. The molecular weight excluding hydrogens is 336 g/mol. The van der Waals surface area contributed by atoms with Crippen LogP contribution in [0.15, 0.2) is 17.5 Å². The molecule has 1 fully saturated rings. The molecule has 0 aliphatic carbocycles. The topological polar surface area (TPSA) is 67.4 Å². The van der Waals surface area contributed by atoms with Crippen molar-refractivity contribution in [3.05, 3.63) is 39.3 Å². The maximum absolute atomic E-state index is 12.1. The van der Waals surface area contributed by atoms with Crippen LogP contribution >= 0.6 is 11.3 Å². The lowest BCUT2D eigenvalue weighted by Gasteiger charge is -2.27. The van der Waals surface area contributed by atoms with Gasteiger partial charge in [0.25, 0.3) is 0 Å². The van der Waals surface area contributed by atoms with E-state index in [-0.39, 0.29) is 5.91 Å². The van der Waals surface area contributed by atoms with Gasteiger partial charge in [-0.05, 0) is 43.3 Å². The SMILES string of the molecule is Cc1cc(CNC(=O)CCc2sccc2C)nc(N2CCOCC2)n1. The summed E-state index contributed by atoms with van der Waals surface area (Å²) in [6.07, 6.45) is 1.29. The summed E-state index contributed by atoms with van der Waals surface area (Å²) in [7, 11) is 0. The minimum absolute atomic E-state index is 0.0528. The molecule has 6 nitrogen and oxygen atoms in total. The number of hydrogen-bond acceptors (Lipinski definition) is 6. The monoisotopic (exact) mass is 360 g/mol. The fourth-order valence-electron chi connectivity index (χ4n) is 2.78. The summed E-state index contributed by atoms with van der Waals surface area (Å²) < 4.78 is 5.37. The van der Waals surface area contributed by atoms with Crippen LogP contribution in [0.4, 0.5) is 5.95 Å². The number of aromatic nitrogens is 2. The Morgan fingerprint density at radius 1 is 1.32 bits per heavy atom. The third-order valence-electron chi connectivity index (χ3n) is 4.20. The highest BCUT2D eigenvalue weighted by Gasteiger charge is 2.15. The molecule has 0 unspecified atom stereocenters. The van der Waals surface area contributed by atoms with Crippen molar-refractivity contribution in [1.29, 1.82) is 0 Å². The van der Waals surface area contributed by atoms with Crippen LogP contribution in [0, 0.1) is 13.8 Å². The highest BCUT2D eigenvalue weighted by molar-refractivity contribution is 7.10. The Balaban J connectivity index is 1.54. The van der Waals surface area contributed by atoms with Gasteiger partial charge in [0.15, 0.2) is 0 Å². The van der Waals surface area contributed by atoms with E-state index in [2.05, 4.69) is 38.6 Å². The van der Waals surface area contributed by atoms with Crippen molar-refractivity contribution in [2.45, 2.75) is 33.2 Å². The Kier molecular flexibility index (Phi) is 5.99. The summed E-state index contributed by atoms with van der Waals surface area (Å²) in [5.41, 5.74) is 3.02. The van der Waals surface area contributed by atoms with Crippen molar-refractivity contribution in [2.24, 2.45) is 0 Å². The highest BCUT2D eigenvalue weighted by Crippen LogP contribution is 2.17. The molecule has 0 bridgehead atoms.